The van der Waals surface area contributed by atoms with Crippen LogP contribution in [0.15, 0.2) is 23.2 Å². The lowest BCUT2D eigenvalue weighted by atomic mass is 9.97. The van der Waals surface area contributed by atoms with Gasteiger partial charge in [-0.3, -0.25) is 4.90 Å². The van der Waals surface area contributed by atoms with Crippen LogP contribution in [0.3, 0.4) is 0 Å². The van der Waals surface area contributed by atoms with E-state index in [1.807, 2.05) is 0 Å². The lowest BCUT2D eigenvalue weighted by molar-refractivity contribution is -0.148. The van der Waals surface area contributed by atoms with E-state index in [4.69, 9.17) is 0 Å². The second-order valence-electron chi connectivity index (χ2n) is 7.56. The van der Waals surface area contributed by atoms with Crippen LogP contribution in [0, 0.1) is 5.92 Å². The van der Waals surface area contributed by atoms with Gasteiger partial charge in [-0.25, -0.2) is 13.4 Å². The maximum Gasteiger partial charge on any atom is 0.401 e. The molecule has 0 saturated carbocycles. The average molecular weight is 421 g/mol. The van der Waals surface area contributed by atoms with E-state index in [1.54, 1.807) is 12.1 Å². The summed E-state index contributed by atoms with van der Waals surface area (Å²) in [5.74, 6) is 0.860. The lowest BCUT2D eigenvalue weighted by Gasteiger charge is -2.32. The van der Waals surface area contributed by atoms with Crippen molar-refractivity contribution in [3.8, 4) is 0 Å². The molecule has 0 unspecified atom stereocenters. The van der Waals surface area contributed by atoms with E-state index >= 15 is 0 Å². The van der Waals surface area contributed by atoms with Gasteiger partial charge >= 0.3 is 6.18 Å². The molecule has 28 heavy (non-hydrogen) atoms. The molecule has 0 radical (unpaired) electrons. The van der Waals surface area contributed by atoms with Crippen LogP contribution in [0.25, 0.3) is 0 Å². The van der Waals surface area contributed by atoms with Gasteiger partial charge in [0.05, 0.1) is 6.54 Å². The summed E-state index contributed by atoms with van der Waals surface area (Å²) in [7, 11) is -3.49. The molecule has 0 spiro atoms. The molecule has 2 fully saturated rings. The van der Waals surface area contributed by atoms with Crippen LogP contribution < -0.4 is 5.32 Å². The molecule has 0 aromatic carbocycles. The molecule has 0 amide bonds. The predicted molar refractivity (Wildman–Crippen MR) is 101 cm³/mol. The smallest absolute Gasteiger partial charge is 0.370 e. The Hall–Kier alpha value is -1.39. The third kappa shape index (κ3) is 5.81. The maximum absolute atomic E-state index is 12.6. The van der Waals surface area contributed by atoms with Gasteiger partial charge in [0.1, 0.15) is 10.7 Å². The van der Waals surface area contributed by atoms with Gasteiger partial charge in [0.25, 0.3) is 0 Å². The predicted octanol–water partition coefficient (Wildman–Crippen LogP) is 2.94. The Kier molecular flexibility index (Phi) is 6.82. The topological polar surface area (TPSA) is 65.5 Å². The first-order chi connectivity index (χ1) is 13.2. The maximum atomic E-state index is 12.6. The third-order valence-corrected chi connectivity index (χ3v) is 7.25. The first kappa shape index (κ1) is 21.3. The molecule has 1 aromatic heterocycles. The number of rotatable bonds is 6. The van der Waals surface area contributed by atoms with Gasteiger partial charge in [0.2, 0.25) is 10.0 Å². The molecule has 10 heteroatoms. The Labute approximate surface area is 164 Å². The number of nitrogens with one attached hydrogen (secondary N) is 1. The molecule has 3 rings (SSSR count). The highest BCUT2D eigenvalue weighted by atomic mass is 32.2. The van der Waals surface area contributed by atoms with Crippen LogP contribution in [0.2, 0.25) is 0 Å². The zero-order valence-corrected chi connectivity index (χ0v) is 16.6. The summed E-state index contributed by atoms with van der Waals surface area (Å²) >= 11 is 0. The molecule has 2 saturated heterocycles. The quantitative estimate of drug-likeness (QED) is 0.767. The monoisotopic (exact) mass is 420 g/mol. The van der Waals surface area contributed by atoms with E-state index in [-0.39, 0.29) is 10.8 Å². The van der Waals surface area contributed by atoms with Crippen molar-refractivity contribution < 1.29 is 21.6 Å². The minimum absolute atomic E-state index is 0.195. The molecule has 1 N–H and O–H groups in total. The Bertz CT molecular complexity index is 726. The van der Waals surface area contributed by atoms with Gasteiger partial charge in [-0.15, -0.1) is 0 Å². The molecule has 2 aliphatic heterocycles. The highest BCUT2D eigenvalue weighted by Crippen LogP contribution is 2.24. The SMILES string of the molecule is O=S(=O)(c1ccc(NCC2CCN(CC(F)(F)F)CC2)nc1)N1CCCCC1. The summed E-state index contributed by atoms with van der Waals surface area (Å²) < 4.78 is 64.0. The van der Waals surface area contributed by atoms with Gasteiger partial charge in [0.15, 0.2) is 0 Å². The van der Waals surface area contributed by atoms with Crippen LogP contribution in [0.1, 0.15) is 32.1 Å². The molecular weight excluding hydrogens is 393 g/mol. The number of alkyl halides is 3. The molecule has 1 aromatic rings. The van der Waals surface area contributed by atoms with Crippen molar-refractivity contribution in [2.75, 3.05) is 44.6 Å². The van der Waals surface area contributed by atoms with Crippen molar-refractivity contribution in [1.29, 1.82) is 0 Å². The summed E-state index contributed by atoms with van der Waals surface area (Å²) in [6.45, 7) is 1.75. The lowest BCUT2D eigenvalue weighted by Crippen LogP contribution is -2.41. The van der Waals surface area contributed by atoms with Gasteiger partial charge in [-0.1, -0.05) is 6.42 Å². The number of sulfonamides is 1. The second kappa shape index (κ2) is 8.96. The van der Waals surface area contributed by atoms with E-state index in [9.17, 15) is 21.6 Å². The Morgan fingerprint density at radius 1 is 1.07 bits per heavy atom. The van der Waals surface area contributed by atoms with Crippen molar-refractivity contribution in [2.45, 2.75) is 43.2 Å². The normalized spacial score (nSPS) is 21.0. The van der Waals surface area contributed by atoms with E-state index in [2.05, 4.69) is 10.3 Å². The number of hydrogen-bond acceptors (Lipinski definition) is 5. The fourth-order valence-electron chi connectivity index (χ4n) is 3.74. The summed E-state index contributed by atoms with van der Waals surface area (Å²) in [6.07, 6.45) is 1.45. The van der Waals surface area contributed by atoms with Crippen LogP contribution >= 0.6 is 0 Å². The highest BCUT2D eigenvalue weighted by molar-refractivity contribution is 7.89. The fourth-order valence-corrected chi connectivity index (χ4v) is 5.21. The highest BCUT2D eigenvalue weighted by Gasteiger charge is 2.32. The molecule has 0 atom stereocenters. The van der Waals surface area contributed by atoms with E-state index < -0.39 is 22.7 Å². The number of anilines is 1. The molecule has 0 aliphatic carbocycles. The van der Waals surface area contributed by atoms with Crippen LogP contribution in [0.4, 0.5) is 19.0 Å². The van der Waals surface area contributed by atoms with Gasteiger partial charge < -0.3 is 5.32 Å². The summed E-state index contributed by atoms with van der Waals surface area (Å²) in [5.41, 5.74) is 0. The number of halogens is 3. The fraction of sp³-hybridized carbons (Fsp3) is 0.722. The minimum atomic E-state index is -4.15. The first-order valence-electron chi connectivity index (χ1n) is 9.73. The zero-order chi connectivity index (χ0) is 20.2. The molecule has 158 valence electrons. The number of nitrogens with zero attached hydrogens (tertiary/aromatic N) is 3. The number of likely N-dealkylation sites (tertiary alicyclic amines) is 1. The van der Waals surface area contributed by atoms with Gasteiger partial charge in [0, 0.05) is 25.8 Å². The molecule has 2 aliphatic rings. The zero-order valence-electron chi connectivity index (χ0n) is 15.8. The minimum Gasteiger partial charge on any atom is -0.370 e. The van der Waals surface area contributed by atoms with Gasteiger partial charge in [-0.2, -0.15) is 17.5 Å². The largest absolute Gasteiger partial charge is 0.401 e. The molecule has 0 bridgehead atoms. The van der Waals surface area contributed by atoms with E-state index in [1.165, 1.54) is 15.4 Å². The second-order valence-corrected chi connectivity index (χ2v) is 9.50. The average Bonchev–Trinajstić information content (AvgIpc) is 2.67. The summed E-state index contributed by atoms with van der Waals surface area (Å²) in [4.78, 5) is 5.85. The molecule has 3 heterocycles. The first-order valence-corrected chi connectivity index (χ1v) is 11.2. The van der Waals surface area contributed by atoms with E-state index in [0.29, 0.717) is 51.4 Å². The molecular formula is C18H27F3N4O2S. The van der Waals surface area contributed by atoms with Gasteiger partial charge in [-0.05, 0) is 56.8 Å². The number of pyridine rings is 1. The van der Waals surface area contributed by atoms with Crippen molar-refractivity contribution in [1.82, 2.24) is 14.2 Å². The third-order valence-electron chi connectivity index (χ3n) is 5.37. The van der Waals surface area contributed by atoms with Crippen molar-refractivity contribution >= 4 is 15.8 Å². The Balaban J connectivity index is 1.47. The number of piperidine rings is 2. The van der Waals surface area contributed by atoms with Crippen molar-refractivity contribution in [3.63, 3.8) is 0 Å². The summed E-state index contributed by atoms with van der Waals surface area (Å²) in [6, 6.07) is 3.21. The Morgan fingerprint density at radius 2 is 1.75 bits per heavy atom. The van der Waals surface area contributed by atoms with Crippen molar-refractivity contribution in [3.05, 3.63) is 18.3 Å². The van der Waals surface area contributed by atoms with Crippen molar-refractivity contribution in [2.24, 2.45) is 5.92 Å². The Morgan fingerprint density at radius 3 is 2.32 bits per heavy atom. The van der Waals surface area contributed by atoms with E-state index in [0.717, 1.165) is 19.3 Å². The summed E-state index contributed by atoms with van der Waals surface area (Å²) in [5, 5.41) is 3.18. The van der Waals surface area contributed by atoms with Crippen LogP contribution in [-0.4, -0.2) is 68.1 Å². The standard InChI is InChI=1S/C18H27F3N4O2S/c19-18(20,21)14-24-10-6-15(7-11-24)12-22-17-5-4-16(13-23-17)28(26,27)25-8-2-1-3-9-25/h4-5,13,15H,1-3,6-12,14H2,(H,22,23). The number of hydrogen-bond donors (Lipinski definition) is 1. The van der Waals surface area contributed by atoms with Crippen LogP contribution in [0.5, 0.6) is 0 Å². The number of aromatic nitrogens is 1. The molecule has 6 nitrogen and oxygen atoms in total. The van der Waals surface area contributed by atoms with Crippen LogP contribution in [-0.2, 0) is 10.0 Å².